The number of ether oxygens (including phenoxy) is 1. The minimum atomic E-state index is -0.354. The van der Waals surface area contributed by atoms with Gasteiger partial charge in [-0.3, -0.25) is 4.79 Å². The predicted molar refractivity (Wildman–Crippen MR) is 113 cm³/mol. The summed E-state index contributed by atoms with van der Waals surface area (Å²) in [5, 5.41) is 12.2. The first-order chi connectivity index (χ1) is 13.4. The third-order valence-corrected chi connectivity index (χ3v) is 5.50. The molecule has 0 fully saturated rings. The second-order valence-electron chi connectivity index (χ2n) is 5.79. The van der Waals surface area contributed by atoms with Crippen LogP contribution in [0.1, 0.15) is 18.9 Å². The van der Waals surface area contributed by atoms with E-state index in [-0.39, 0.29) is 17.8 Å². The SMILES string of the molecule is CC(Oc1ccccc1Cl)c1nnc(SCC(=O)Nc2ccc(Br)cn2)n1C. The number of pyridine rings is 1. The van der Waals surface area contributed by atoms with Crippen LogP contribution in [0.25, 0.3) is 0 Å². The van der Waals surface area contributed by atoms with Gasteiger partial charge < -0.3 is 14.6 Å². The zero-order valence-corrected chi connectivity index (χ0v) is 18.3. The summed E-state index contributed by atoms with van der Waals surface area (Å²) >= 11 is 10.7. The number of nitrogens with zero attached hydrogens (tertiary/aromatic N) is 4. The fraction of sp³-hybridized carbons (Fsp3) is 0.222. The zero-order valence-electron chi connectivity index (χ0n) is 15.1. The summed E-state index contributed by atoms with van der Waals surface area (Å²) in [4.78, 5) is 16.2. The molecule has 7 nitrogen and oxygen atoms in total. The molecule has 0 bridgehead atoms. The highest BCUT2D eigenvalue weighted by atomic mass is 79.9. The minimum Gasteiger partial charge on any atom is -0.481 e. The quantitative estimate of drug-likeness (QED) is 0.499. The molecular weight excluding hydrogens is 466 g/mol. The van der Waals surface area contributed by atoms with Crippen molar-refractivity contribution >= 4 is 51.0 Å². The van der Waals surface area contributed by atoms with Gasteiger partial charge in [0.2, 0.25) is 5.91 Å². The Balaban J connectivity index is 1.58. The number of aromatic nitrogens is 4. The van der Waals surface area contributed by atoms with Crippen molar-refractivity contribution in [3.05, 3.63) is 57.9 Å². The Morgan fingerprint density at radius 2 is 2.11 bits per heavy atom. The van der Waals surface area contributed by atoms with E-state index in [1.165, 1.54) is 11.8 Å². The second-order valence-corrected chi connectivity index (χ2v) is 8.05. The van der Waals surface area contributed by atoms with Crippen molar-refractivity contribution in [3.8, 4) is 5.75 Å². The van der Waals surface area contributed by atoms with Crippen LogP contribution in [0, 0.1) is 0 Å². The summed E-state index contributed by atoms with van der Waals surface area (Å²) in [6.45, 7) is 1.87. The molecule has 3 aromatic rings. The zero-order chi connectivity index (χ0) is 20.1. The fourth-order valence-electron chi connectivity index (χ4n) is 2.35. The van der Waals surface area contributed by atoms with Crippen LogP contribution in [-0.4, -0.2) is 31.4 Å². The van der Waals surface area contributed by atoms with E-state index in [4.69, 9.17) is 16.3 Å². The smallest absolute Gasteiger partial charge is 0.236 e. The van der Waals surface area contributed by atoms with E-state index in [1.807, 2.05) is 32.2 Å². The fourth-order valence-corrected chi connectivity index (χ4v) is 3.48. The van der Waals surface area contributed by atoms with E-state index < -0.39 is 0 Å². The van der Waals surface area contributed by atoms with Gasteiger partial charge in [-0.25, -0.2) is 4.98 Å². The molecule has 0 aliphatic rings. The van der Waals surface area contributed by atoms with Gasteiger partial charge in [0.25, 0.3) is 0 Å². The third kappa shape index (κ3) is 5.24. The van der Waals surface area contributed by atoms with Crippen molar-refractivity contribution in [2.24, 2.45) is 7.05 Å². The van der Waals surface area contributed by atoms with Gasteiger partial charge in [-0.05, 0) is 47.1 Å². The van der Waals surface area contributed by atoms with Gasteiger partial charge >= 0.3 is 0 Å². The molecule has 1 aromatic carbocycles. The van der Waals surface area contributed by atoms with Crippen LogP contribution in [0.15, 0.2) is 52.2 Å². The molecule has 1 N–H and O–H groups in total. The summed E-state index contributed by atoms with van der Waals surface area (Å²) in [6, 6.07) is 10.8. The first kappa shape index (κ1) is 20.6. The molecule has 2 aromatic heterocycles. The topological polar surface area (TPSA) is 81.9 Å². The number of hydrogen-bond acceptors (Lipinski definition) is 6. The first-order valence-electron chi connectivity index (χ1n) is 8.28. The van der Waals surface area contributed by atoms with Gasteiger partial charge in [0.1, 0.15) is 11.6 Å². The summed E-state index contributed by atoms with van der Waals surface area (Å²) in [7, 11) is 1.83. The van der Waals surface area contributed by atoms with Gasteiger partial charge in [0.05, 0.1) is 10.8 Å². The van der Waals surface area contributed by atoms with Crippen molar-refractivity contribution in [1.82, 2.24) is 19.7 Å². The van der Waals surface area contributed by atoms with E-state index in [1.54, 1.807) is 29.0 Å². The number of benzene rings is 1. The summed E-state index contributed by atoms with van der Waals surface area (Å²) in [5.41, 5.74) is 0. The van der Waals surface area contributed by atoms with Gasteiger partial charge in [-0.2, -0.15) is 0 Å². The molecule has 0 aliphatic carbocycles. The summed E-state index contributed by atoms with van der Waals surface area (Å²) in [5.74, 6) is 1.72. The number of anilines is 1. The number of thioether (sulfide) groups is 1. The number of nitrogens with one attached hydrogen (secondary N) is 1. The molecule has 1 unspecified atom stereocenters. The van der Waals surface area contributed by atoms with E-state index in [0.29, 0.717) is 27.6 Å². The van der Waals surface area contributed by atoms with Crippen molar-refractivity contribution in [1.29, 1.82) is 0 Å². The van der Waals surface area contributed by atoms with Crippen LogP contribution in [0.4, 0.5) is 5.82 Å². The van der Waals surface area contributed by atoms with Gasteiger partial charge in [0.15, 0.2) is 17.1 Å². The Labute approximate surface area is 180 Å². The molecule has 0 aliphatic heterocycles. The van der Waals surface area contributed by atoms with Crippen molar-refractivity contribution in [3.63, 3.8) is 0 Å². The van der Waals surface area contributed by atoms with Crippen molar-refractivity contribution in [2.75, 3.05) is 11.1 Å². The highest BCUT2D eigenvalue weighted by molar-refractivity contribution is 9.10. The second kappa shape index (κ2) is 9.40. The van der Waals surface area contributed by atoms with Crippen LogP contribution in [0.3, 0.4) is 0 Å². The lowest BCUT2D eigenvalue weighted by molar-refractivity contribution is -0.113. The average Bonchev–Trinajstić information content (AvgIpc) is 3.04. The number of carbonyl (C=O) groups is 1. The molecule has 28 heavy (non-hydrogen) atoms. The van der Waals surface area contributed by atoms with Crippen molar-refractivity contribution in [2.45, 2.75) is 18.2 Å². The monoisotopic (exact) mass is 481 g/mol. The number of hydrogen-bond donors (Lipinski definition) is 1. The van der Waals surface area contributed by atoms with E-state index in [2.05, 4.69) is 36.4 Å². The van der Waals surface area contributed by atoms with Crippen LogP contribution < -0.4 is 10.1 Å². The highest BCUT2D eigenvalue weighted by Gasteiger charge is 2.19. The van der Waals surface area contributed by atoms with Gasteiger partial charge in [0, 0.05) is 17.7 Å². The van der Waals surface area contributed by atoms with Crippen LogP contribution in [0.5, 0.6) is 5.75 Å². The Bertz CT molecular complexity index is 967. The van der Waals surface area contributed by atoms with E-state index >= 15 is 0 Å². The van der Waals surface area contributed by atoms with Gasteiger partial charge in [-0.15, -0.1) is 10.2 Å². The number of halogens is 2. The molecule has 1 amide bonds. The summed E-state index contributed by atoms with van der Waals surface area (Å²) < 4.78 is 8.53. The Morgan fingerprint density at radius 3 is 2.82 bits per heavy atom. The maximum Gasteiger partial charge on any atom is 0.236 e. The van der Waals surface area contributed by atoms with E-state index in [9.17, 15) is 4.79 Å². The van der Waals surface area contributed by atoms with Crippen molar-refractivity contribution < 1.29 is 9.53 Å². The Hall–Kier alpha value is -2.10. The minimum absolute atomic E-state index is 0.176. The number of para-hydroxylation sites is 1. The lowest BCUT2D eigenvalue weighted by atomic mass is 10.3. The molecule has 3 rings (SSSR count). The maximum absolute atomic E-state index is 12.1. The molecule has 0 saturated carbocycles. The molecule has 0 spiro atoms. The summed E-state index contributed by atoms with van der Waals surface area (Å²) in [6.07, 6.45) is 1.27. The lowest BCUT2D eigenvalue weighted by Crippen LogP contribution is -2.15. The number of carbonyl (C=O) groups excluding carboxylic acids is 1. The molecular formula is C18H17BrClN5O2S. The molecule has 0 radical (unpaired) electrons. The Morgan fingerprint density at radius 1 is 1.32 bits per heavy atom. The molecule has 1 atom stereocenters. The first-order valence-corrected chi connectivity index (χ1v) is 10.4. The Kier molecular flexibility index (Phi) is 6.93. The molecule has 146 valence electrons. The average molecular weight is 483 g/mol. The normalized spacial score (nSPS) is 11.9. The maximum atomic E-state index is 12.1. The van der Waals surface area contributed by atoms with Crippen LogP contribution >= 0.6 is 39.3 Å². The lowest BCUT2D eigenvalue weighted by Gasteiger charge is -2.15. The van der Waals surface area contributed by atoms with Gasteiger partial charge in [-0.1, -0.05) is 35.5 Å². The van der Waals surface area contributed by atoms with E-state index in [0.717, 1.165) is 4.47 Å². The number of rotatable bonds is 7. The number of amides is 1. The molecule has 2 heterocycles. The third-order valence-electron chi connectivity index (χ3n) is 3.70. The molecule has 10 heteroatoms. The van der Waals surface area contributed by atoms with Crippen LogP contribution in [0.2, 0.25) is 5.02 Å². The predicted octanol–water partition coefficient (Wildman–Crippen LogP) is 4.50. The standard InChI is InChI=1S/C18H17BrClN5O2S/c1-11(27-14-6-4-3-5-13(14)20)17-23-24-18(25(17)2)28-10-16(26)22-15-8-7-12(19)9-21-15/h3-9,11H,10H2,1-2H3,(H,21,22,26). The largest absolute Gasteiger partial charge is 0.481 e. The highest BCUT2D eigenvalue weighted by Crippen LogP contribution is 2.29. The van der Waals surface area contributed by atoms with Crippen LogP contribution in [-0.2, 0) is 11.8 Å². The molecule has 0 saturated heterocycles.